The van der Waals surface area contributed by atoms with Crippen LogP contribution in [-0.2, 0) is 35.1 Å². The number of halogens is 2. The summed E-state index contributed by atoms with van der Waals surface area (Å²) in [5.41, 5.74) is 3.44. The zero-order valence-corrected chi connectivity index (χ0v) is 39.4. The topological polar surface area (TPSA) is 38.7 Å². The van der Waals surface area contributed by atoms with Gasteiger partial charge in [0.15, 0.2) is 0 Å². The molecule has 0 N–H and O–H groups in total. The quantitative estimate of drug-likeness (QED) is 0.107. The molecule has 0 aliphatic heterocycles. The van der Waals surface area contributed by atoms with E-state index in [1.54, 1.807) is 0 Å². The van der Waals surface area contributed by atoms with Gasteiger partial charge in [-0.2, -0.15) is 0 Å². The molecule has 3 nitrogen and oxygen atoms in total. The summed E-state index contributed by atoms with van der Waals surface area (Å²) in [7, 11) is 6.98. The Labute approximate surface area is 393 Å². The zero-order chi connectivity index (χ0) is 42.7. The first kappa shape index (κ1) is 47.9. The number of nitrogens with zero attached hydrogens (tertiary/aromatic N) is 3. The van der Waals surface area contributed by atoms with E-state index in [1.165, 1.54) is 31.8 Å². The molecule has 0 unspecified atom stereocenters. The Morgan fingerprint density at radius 1 is 0.262 bits per heavy atom. The zero-order valence-electron chi connectivity index (χ0n) is 32.8. The summed E-state index contributed by atoms with van der Waals surface area (Å²) in [6, 6.07) is 82.1. The van der Waals surface area contributed by atoms with Crippen molar-refractivity contribution in [1.29, 1.82) is 0 Å². The normalized spacial score (nSPS) is 10.1. The van der Waals surface area contributed by atoms with Crippen molar-refractivity contribution in [2.75, 3.05) is 0 Å². The number of hydrogen-bond donors (Lipinski definition) is 0. The minimum atomic E-state index is -0.557. The monoisotopic (exact) mass is 1030 g/mol. The minimum Gasteiger partial charge on any atom is -0.256 e. The van der Waals surface area contributed by atoms with Crippen molar-refractivity contribution in [3.63, 3.8) is 0 Å². The van der Waals surface area contributed by atoms with Crippen LogP contribution in [0.1, 0.15) is 0 Å². The molecule has 61 heavy (non-hydrogen) atoms. The van der Waals surface area contributed by atoms with Crippen molar-refractivity contribution in [1.82, 2.24) is 15.0 Å². The number of pyridine rings is 3. The summed E-state index contributed by atoms with van der Waals surface area (Å²) in [5.74, 6) is 0. The molecule has 0 spiro atoms. The second-order valence-corrected chi connectivity index (χ2v) is 19.1. The fourth-order valence-corrected chi connectivity index (χ4v) is 12.7. The summed E-state index contributed by atoms with van der Waals surface area (Å²) in [5, 5.41) is 8.01. The van der Waals surface area contributed by atoms with Crippen LogP contribution in [0.15, 0.2) is 255 Å². The Bertz CT molecular complexity index is 1900. The van der Waals surface area contributed by atoms with Gasteiger partial charge in [0.05, 0.1) is 16.3 Å². The van der Waals surface area contributed by atoms with Gasteiger partial charge in [-0.05, 0) is 68.2 Å². The van der Waals surface area contributed by atoms with Crippen molar-refractivity contribution < 1.29 is 35.1 Å². The smallest absolute Gasteiger partial charge is 0.0720 e. The molecule has 312 valence electrons. The van der Waals surface area contributed by atoms with Crippen molar-refractivity contribution in [3.8, 4) is 0 Å². The van der Waals surface area contributed by atoms with Crippen LogP contribution in [0.3, 0.4) is 0 Å². The molecule has 10 heteroatoms. The van der Waals surface area contributed by atoms with Gasteiger partial charge in [-0.15, -0.1) is 0 Å². The number of rotatable bonds is 9. The Kier molecular flexibility index (Phi) is 22.4. The first-order valence-electron chi connectivity index (χ1n) is 19.0. The Balaban J connectivity index is 0.000000166. The van der Waals surface area contributed by atoms with Gasteiger partial charge in [0, 0.05) is 42.4 Å². The summed E-state index contributed by atoms with van der Waals surface area (Å²) < 4.78 is 0. The van der Waals surface area contributed by atoms with E-state index in [0.717, 1.165) is 16.3 Å². The fourth-order valence-electron chi connectivity index (χ4n) is 6.16. The maximum absolute atomic E-state index is 4.56. The van der Waals surface area contributed by atoms with E-state index in [1.807, 2.05) is 36.8 Å². The van der Waals surface area contributed by atoms with Crippen LogP contribution in [0.2, 0.25) is 0 Å². The largest absolute Gasteiger partial charge is 0.256 e. The van der Waals surface area contributed by atoms with Gasteiger partial charge in [-0.3, -0.25) is 15.0 Å². The summed E-state index contributed by atoms with van der Waals surface area (Å²) >= 11 is 6.08. The molecule has 9 aromatic rings. The fraction of sp³-hybridized carbons (Fsp3) is 0. The van der Waals surface area contributed by atoms with Crippen LogP contribution in [0.25, 0.3) is 0 Å². The maximum atomic E-state index is 4.56. The predicted octanol–water partition coefficient (Wildman–Crippen LogP) is 9.89. The maximum Gasteiger partial charge on any atom is 0.0720 e. The Morgan fingerprint density at radius 2 is 0.426 bits per heavy atom. The van der Waals surface area contributed by atoms with Crippen LogP contribution in [0, 0.1) is 0 Å². The third-order valence-corrected chi connectivity index (χ3v) is 15.8. The molecule has 9 rings (SSSR count). The van der Waals surface area contributed by atoms with E-state index in [0.29, 0.717) is 0 Å². The molecule has 0 atom stereocenters. The molecule has 3 heterocycles. The van der Waals surface area contributed by atoms with E-state index in [2.05, 4.69) is 288 Å². The standard InChI is InChI=1S/3C17H14NP.Ag.2ClH.Cu/c3*1-3-9-15(10-4-1)19(16-11-5-2-6-12-16)17-13-7-8-14-18-17;;;;/h3*1-14H;;2*1H;/q;;;+1;;;+1/p-2. The Hall–Kier alpha value is -4.10. The summed E-state index contributed by atoms with van der Waals surface area (Å²) in [6.45, 7) is 0. The van der Waals surface area contributed by atoms with Gasteiger partial charge in [0.1, 0.15) is 0 Å². The van der Waals surface area contributed by atoms with Crippen LogP contribution in [-0.4, -0.2) is 15.0 Å². The number of benzene rings is 6. The van der Waals surface area contributed by atoms with Gasteiger partial charge in [-0.1, -0.05) is 200 Å². The molecule has 0 amide bonds. The molecule has 0 aliphatic carbocycles. The first-order chi connectivity index (χ1) is 30.3. The van der Waals surface area contributed by atoms with Crippen LogP contribution in [0.5, 0.6) is 0 Å². The molecule has 6 aromatic carbocycles. The summed E-state index contributed by atoms with van der Waals surface area (Å²) in [6.07, 6.45) is 5.61. The average Bonchev–Trinajstić information content (AvgIpc) is 3.37. The first-order valence-corrected chi connectivity index (χ1v) is 26.2. The van der Waals surface area contributed by atoms with Crippen LogP contribution < -0.4 is 48.1 Å². The van der Waals surface area contributed by atoms with Gasteiger partial charge in [0.2, 0.25) is 0 Å². The molecular weight excluding hydrogens is 990 g/mol. The van der Waals surface area contributed by atoms with Gasteiger partial charge in [0.25, 0.3) is 0 Å². The van der Waals surface area contributed by atoms with Gasteiger partial charge < -0.3 is 0 Å². The van der Waals surface area contributed by atoms with Crippen molar-refractivity contribution in [3.05, 3.63) is 255 Å². The van der Waals surface area contributed by atoms with Crippen molar-refractivity contribution >= 4 is 91.2 Å². The third kappa shape index (κ3) is 15.0. The van der Waals surface area contributed by atoms with E-state index in [-0.39, 0.29) is 0 Å². The van der Waals surface area contributed by atoms with Crippen molar-refractivity contribution in [2.45, 2.75) is 0 Å². The van der Waals surface area contributed by atoms with Crippen molar-refractivity contribution in [2.24, 2.45) is 0 Å². The van der Waals surface area contributed by atoms with E-state index >= 15 is 0 Å². The Morgan fingerprint density at radius 3 is 0.574 bits per heavy atom. The minimum absolute atomic E-state index is 0.557. The molecule has 0 fully saturated rings. The SMILES string of the molecule is [Cl][Ag].[Cl][Cu].c1ccc(P(c2ccccc2)c2ccccn2)cc1.c1ccc(P(c2ccccc2)c2ccccn2)cc1.c1ccc(P(c2ccccc2)c2ccccn2)cc1. The second-order valence-electron chi connectivity index (χ2n) is 12.6. The molecular formula is C51H42AgCl2CuN3P3. The molecule has 3 aromatic heterocycles. The molecule has 0 radical (unpaired) electrons. The second kappa shape index (κ2) is 28.5. The molecule has 0 saturated heterocycles. The third-order valence-electron chi connectivity index (χ3n) is 8.72. The number of hydrogen-bond acceptors (Lipinski definition) is 3. The molecule has 0 aliphatic rings. The molecule has 0 saturated carbocycles. The summed E-state index contributed by atoms with van der Waals surface area (Å²) in [4.78, 5) is 13.7. The van der Waals surface area contributed by atoms with Crippen LogP contribution >= 0.6 is 43.1 Å². The number of aromatic nitrogens is 3. The average molecular weight is 1030 g/mol. The van der Waals surface area contributed by atoms with Gasteiger partial charge in [-0.25, -0.2) is 0 Å². The molecule has 0 bridgehead atoms. The van der Waals surface area contributed by atoms with E-state index in [9.17, 15) is 0 Å². The van der Waals surface area contributed by atoms with E-state index in [4.69, 9.17) is 0 Å². The predicted molar refractivity (Wildman–Crippen MR) is 261 cm³/mol. The van der Waals surface area contributed by atoms with E-state index < -0.39 is 23.8 Å². The van der Waals surface area contributed by atoms with Crippen LogP contribution in [0.4, 0.5) is 0 Å². The van der Waals surface area contributed by atoms with Gasteiger partial charge >= 0.3 is 54.4 Å².